The van der Waals surface area contributed by atoms with Gasteiger partial charge in [-0.3, -0.25) is 9.59 Å². The van der Waals surface area contributed by atoms with Gasteiger partial charge in [0.1, 0.15) is 5.75 Å². The van der Waals surface area contributed by atoms with Gasteiger partial charge in [0, 0.05) is 29.7 Å². The van der Waals surface area contributed by atoms with Crippen LogP contribution in [0.3, 0.4) is 0 Å². The summed E-state index contributed by atoms with van der Waals surface area (Å²) in [7, 11) is 0. The molecule has 0 spiro atoms. The van der Waals surface area contributed by atoms with Crippen LogP contribution in [0.4, 0.5) is 5.69 Å². The molecule has 2 aliphatic heterocycles. The zero-order valence-corrected chi connectivity index (χ0v) is 16.4. The molecule has 2 heterocycles. The van der Waals surface area contributed by atoms with Gasteiger partial charge >= 0.3 is 0 Å². The van der Waals surface area contributed by atoms with Crippen LogP contribution in [0.5, 0.6) is 5.75 Å². The Morgan fingerprint density at radius 2 is 2.04 bits per heavy atom. The number of amides is 2. The first-order valence-electron chi connectivity index (χ1n) is 9.73. The molecule has 6 heteroatoms. The number of piperidine rings is 1. The number of hydrogen-bond acceptors (Lipinski definition) is 3. The molecule has 0 aliphatic carbocycles. The number of anilines is 1. The van der Waals surface area contributed by atoms with Gasteiger partial charge < -0.3 is 15.0 Å². The molecule has 0 bridgehead atoms. The molecule has 0 radical (unpaired) electrons. The van der Waals surface area contributed by atoms with E-state index in [9.17, 15) is 9.59 Å². The summed E-state index contributed by atoms with van der Waals surface area (Å²) in [6, 6.07) is 12.8. The molecule has 1 N–H and O–H groups in total. The maximum absolute atomic E-state index is 13.1. The minimum atomic E-state index is -0.178. The van der Waals surface area contributed by atoms with Crippen LogP contribution in [0.1, 0.15) is 41.6 Å². The molecule has 1 saturated heterocycles. The number of hydrogen-bond donors (Lipinski definition) is 1. The van der Waals surface area contributed by atoms with Crippen LogP contribution in [0, 0.1) is 0 Å². The van der Waals surface area contributed by atoms with Gasteiger partial charge in [0.2, 0.25) is 5.91 Å². The minimum Gasteiger partial charge on any atom is -0.493 e. The van der Waals surface area contributed by atoms with Crippen molar-refractivity contribution >= 4 is 29.1 Å². The lowest BCUT2D eigenvalue weighted by Crippen LogP contribution is -2.45. The standard InChI is InChI=1S/C22H23ClN2O3/c23-19-7-2-1-5-15(19)13-21(26)24-16-8-9-20-18(14-16)22(27)25-11-4-3-6-17(25)10-12-28-20/h1-2,5,7-9,14,17H,3-4,6,10-13H2,(H,24,26). The summed E-state index contributed by atoms with van der Waals surface area (Å²) < 4.78 is 5.84. The number of carbonyl (C=O) groups excluding carboxylic acids is 2. The van der Waals surface area contributed by atoms with Gasteiger partial charge in [-0.25, -0.2) is 0 Å². The highest BCUT2D eigenvalue weighted by molar-refractivity contribution is 6.31. The van der Waals surface area contributed by atoms with E-state index < -0.39 is 0 Å². The molecule has 1 unspecified atom stereocenters. The first kappa shape index (κ1) is 18.8. The van der Waals surface area contributed by atoms with Crippen molar-refractivity contribution in [1.82, 2.24) is 4.90 Å². The third-order valence-corrected chi connectivity index (χ3v) is 5.77. The quantitative estimate of drug-likeness (QED) is 0.838. The molecule has 0 aromatic heterocycles. The third kappa shape index (κ3) is 3.99. The monoisotopic (exact) mass is 398 g/mol. The fraction of sp³-hybridized carbons (Fsp3) is 0.364. The van der Waals surface area contributed by atoms with Crippen molar-refractivity contribution < 1.29 is 14.3 Å². The van der Waals surface area contributed by atoms with Gasteiger partial charge in [-0.1, -0.05) is 29.8 Å². The highest BCUT2D eigenvalue weighted by Gasteiger charge is 2.31. The maximum atomic E-state index is 13.1. The molecule has 2 aromatic rings. The summed E-state index contributed by atoms with van der Waals surface area (Å²) in [4.78, 5) is 27.5. The van der Waals surface area contributed by atoms with Crippen LogP contribution in [-0.4, -0.2) is 35.9 Å². The summed E-state index contributed by atoms with van der Waals surface area (Å²) in [5.41, 5.74) is 1.87. The van der Waals surface area contributed by atoms with Crippen LogP contribution >= 0.6 is 11.6 Å². The average Bonchev–Trinajstić information content (AvgIpc) is 2.69. The number of benzene rings is 2. The molecule has 0 saturated carbocycles. The lowest BCUT2D eigenvalue weighted by atomic mass is 9.97. The molecule has 1 fully saturated rings. The summed E-state index contributed by atoms with van der Waals surface area (Å²) in [5.74, 6) is 0.392. The number of fused-ring (bicyclic) bond motifs is 2. The SMILES string of the molecule is O=C(Cc1ccccc1Cl)Nc1ccc2c(c1)C(=O)N1CCCCC1CCO2. The van der Waals surface area contributed by atoms with E-state index >= 15 is 0 Å². The summed E-state index contributed by atoms with van der Waals surface area (Å²) in [5, 5.41) is 3.44. The first-order valence-corrected chi connectivity index (χ1v) is 10.1. The highest BCUT2D eigenvalue weighted by Crippen LogP contribution is 2.31. The normalized spacial score (nSPS) is 19.0. The van der Waals surface area contributed by atoms with Crippen molar-refractivity contribution in [2.45, 2.75) is 38.1 Å². The second-order valence-corrected chi connectivity index (χ2v) is 7.72. The number of halogens is 1. The Bertz CT molecular complexity index is 899. The van der Waals surface area contributed by atoms with Gasteiger partial charge in [0.15, 0.2) is 0 Å². The second kappa shape index (κ2) is 8.23. The van der Waals surface area contributed by atoms with Gasteiger partial charge in [-0.15, -0.1) is 0 Å². The Labute approximate surface area is 169 Å². The van der Waals surface area contributed by atoms with E-state index in [4.69, 9.17) is 16.3 Å². The minimum absolute atomic E-state index is 0.0124. The van der Waals surface area contributed by atoms with Crippen molar-refractivity contribution in [1.29, 1.82) is 0 Å². The van der Waals surface area contributed by atoms with Gasteiger partial charge in [0.05, 0.1) is 18.6 Å². The van der Waals surface area contributed by atoms with E-state index in [-0.39, 0.29) is 24.3 Å². The molecule has 1 atom stereocenters. The zero-order chi connectivity index (χ0) is 19.5. The van der Waals surface area contributed by atoms with Crippen LogP contribution in [-0.2, 0) is 11.2 Å². The van der Waals surface area contributed by atoms with Crippen molar-refractivity contribution in [3.63, 3.8) is 0 Å². The van der Waals surface area contributed by atoms with Crippen LogP contribution in [0.2, 0.25) is 5.02 Å². The van der Waals surface area contributed by atoms with Gasteiger partial charge in [-0.2, -0.15) is 0 Å². The molecule has 4 rings (SSSR count). The fourth-order valence-corrected chi connectivity index (χ4v) is 4.15. The zero-order valence-electron chi connectivity index (χ0n) is 15.6. The molecular weight excluding hydrogens is 376 g/mol. The van der Waals surface area contributed by atoms with E-state index in [1.807, 2.05) is 23.1 Å². The summed E-state index contributed by atoms with van der Waals surface area (Å²) in [6.45, 7) is 1.38. The van der Waals surface area contributed by atoms with E-state index in [1.165, 1.54) is 0 Å². The van der Waals surface area contributed by atoms with Crippen LogP contribution in [0.15, 0.2) is 42.5 Å². The van der Waals surface area contributed by atoms with E-state index in [1.54, 1.807) is 24.3 Å². The molecule has 2 aliphatic rings. The Hall–Kier alpha value is -2.53. The Morgan fingerprint density at radius 3 is 2.89 bits per heavy atom. The molecule has 5 nitrogen and oxygen atoms in total. The van der Waals surface area contributed by atoms with E-state index in [2.05, 4.69) is 5.32 Å². The van der Waals surface area contributed by atoms with Crippen molar-refractivity contribution in [2.75, 3.05) is 18.5 Å². The number of ether oxygens (including phenoxy) is 1. The van der Waals surface area contributed by atoms with E-state index in [0.29, 0.717) is 28.6 Å². The largest absolute Gasteiger partial charge is 0.493 e. The molecule has 28 heavy (non-hydrogen) atoms. The van der Waals surface area contributed by atoms with Crippen molar-refractivity contribution in [2.24, 2.45) is 0 Å². The lowest BCUT2D eigenvalue weighted by molar-refractivity contribution is -0.115. The van der Waals surface area contributed by atoms with Gasteiger partial charge in [0.25, 0.3) is 5.91 Å². The highest BCUT2D eigenvalue weighted by atomic mass is 35.5. The maximum Gasteiger partial charge on any atom is 0.257 e. The van der Waals surface area contributed by atoms with E-state index in [0.717, 1.165) is 37.8 Å². The Morgan fingerprint density at radius 1 is 1.18 bits per heavy atom. The number of nitrogens with one attached hydrogen (secondary N) is 1. The number of nitrogens with zero attached hydrogens (tertiary/aromatic N) is 1. The molecule has 146 valence electrons. The van der Waals surface area contributed by atoms with Crippen LogP contribution < -0.4 is 10.1 Å². The predicted molar refractivity (Wildman–Crippen MR) is 109 cm³/mol. The van der Waals surface area contributed by atoms with Gasteiger partial charge in [-0.05, 0) is 49.1 Å². The van der Waals surface area contributed by atoms with Crippen molar-refractivity contribution in [3.8, 4) is 5.75 Å². The smallest absolute Gasteiger partial charge is 0.257 e. The first-order chi connectivity index (χ1) is 13.6. The fourth-order valence-electron chi connectivity index (χ4n) is 3.95. The number of carbonyl (C=O) groups is 2. The van der Waals surface area contributed by atoms with Crippen molar-refractivity contribution in [3.05, 3.63) is 58.6 Å². The Balaban J connectivity index is 1.53. The molecule has 2 aromatic carbocycles. The lowest BCUT2D eigenvalue weighted by Gasteiger charge is -2.37. The number of rotatable bonds is 3. The summed E-state index contributed by atoms with van der Waals surface area (Å²) >= 11 is 6.14. The molecule has 2 amide bonds. The third-order valence-electron chi connectivity index (χ3n) is 5.40. The summed E-state index contributed by atoms with van der Waals surface area (Å²) in [6.07, 6.45) is 4.25. The average molecular weight is 399 g/mol. The van der Waals surface area contributed by atoms with Crippen LogP contribution in [0.25, 0.3) is 0 Å². The second-order valence-electron chi connectivity index (χ2n) is 7.31. The molecular formula is C22H23ClN2O3. The topological polar surface area (TPSA) is 58.6 Å². The predicted octanol–water partition coefficient (Wildman–Crippen LogP) is 4.30. The Kier molecular flexibility index (Phi) is 5.53.